The van der Waals surface area contributed by atoms with Crippen LogP contribution in [0.1, 0.15) is 76.4 Å². The fraction of sp³-hybridized carbons (Fsp3) is 0.487. The van der Waals surface area contributed by atoms with Crippen LogP contribution >= 0.6 is 23.5 Å². The first-order chi connectivity index (χ1) is 26.3. The van der Waals surface area contributed by atoms with Gasteiger partial charge in [-0.3, -0.25) is 33.9 Å². The number of aromatic amines is 1. The van der Waals surface area contributed by atoms with Crippen molar-refractivity contribution in [2.75, 3.05) is 24.6 Å². The molecule has 5 N–H and O–H groups in total. The highest BCUT2D eigenvalue weighted by atomic mass is 32.2. The zero-order valence-electron chi connectivity index (χ0n) is 31.6. The molecule has 1 spiro atoms. The molecular weight excluding hydrogens is 741 g/mol. The molecule has 4 atom stereocenters. The number of ketones is 1. The lowest BCUT2D eigenvalue weighted by atomic mass is 9.85. The second kappa shape index (κ2) is 18.8. The quantitative estimate of drug-likeness (QED) is 0.143. The number of benzene rings is 2. The van der Waals surface area contributed by atoms with Gasteiger partial charge in [0.2, 0.25) is 29.4 Å². The third-order valence-electron chi connectivity index (χ3n) is 9.51. The number of carbonyl (C=O) groups is 6. The van der Waals surface area contributed by atoms with Crippen LogP contribution in [0.5, 0.6) is 0 Å². The van der Waals surface area contributed by atoms with Gasteiger partial charge in [-0.25, -0.2) is 4.98 Å². The van der Waals surface area contributed by atoms with Crippen LogP contribution in [-0.2, 0) is 35.2 Å². The van der Waals surface area contributed by atoms with Crippen LogP contribution in [0.2, 0.25) is 0 Å². The number of Topliss-reactive ketones (excluding diaryl/α,β-unsaturated/α-hetero) is 1. The number of aromatic nitrogens is 3. The number of nitrogens with one attached hydrogen (secondary N) is 5. The predicted octanol–water partition coefficient (Wildman–Crippen LogP) is 2.92. The second-order valence-corrected chi connectivity index (χ2v) is 18.1. The second-order valence-electron chi connectivity index (χ2n) is 14.9. The van der Waals surface area contributed by atoms with Crippen molar-refractivity contribution < 1.29 is 28.8 Å². The first-order valence-electron chi connectivity index (χ1n) is 18.5. The highest BCUT2D eigenvalue weighted by molar-refractivity contribution is 8.18. The minimum Gasteiger partial charge on any atom is -0.344 e. The normalized spacial score (nSPS) is 18.1. The van der Waals surface area contributed by atoms with Gasteiger partial charge >= 0.3 is 0 Å². The monoisotopic (exact) mass is 790 g/mol. The lowest BCUT2D eigenvalue weighted by molar-refractivity contribution is -0.145. The molecule has 4 unspecified atom stereocenters. The minimum absolute atomic E-state index is 0.0971. The summed E-state index contributed by atoms with van der Waals surface area (Å²) in [5.74, 6) is -1.56. The molecule has 2 fully saturated rings. The van der Waals surface area contributed by atoms with E-state index in [1.54, 1.807) is 28.4 Å². The molecule has 1 aromatic heterocycles. The Labute approximate surface area is 329 Å². The van der Waals surface area contributed by atoms with Gasteiger partial charge < -0.3 is 26.2 Å². The topological polar surface area (TPSA) is 195 Å². The maximum atomic E-state index is 14.5. The summed E-state index contributed by atoms with van der Waals surface area (Å²) >= 11 is 3.45. The van der Waals surface area contributed by atoms with E-state index in [0.29, 0.717) is 25.2 Å². The molecule has 2 aliphatic rings. The van der Waals surface area contributed by atoms with Crippen molar-refractivity contribution in [1.82, 2.24) is 41.3 Å². The Balaban J connectivity index is 1.27. The molecule has 2 saturated heterocycles. The molecule has 0 saturated carbocycles. The van der Waals surface area contributed by atoms with Gasteiger partial charge in [-0.1, -0.05) is 94.8 Å². The Morgan fingerprint density at radius 2 is 1.60 bits per heavy atom. The summed E-state index contributed by atoms with van der Waals surface area (Å²) in [6.07, 6.45) is 3.42. The Morgan fingerprint density at radius 1 is 0.927 bits per heavy atom. The number of H-pyrrole nitrogens is 1. The van der Waals surface area contributed by atoms with E-state index in [0.717, 1.165) is 29.1 Å². The number of thioether (sulfide) groups is 2. The van der Waals surface area contributed by atoms with Gasteiger partial charge in [0, 0.05) is 13.0 Å². The summed E-state index contributed by atoms with van der Waals surface area (Å²) in [7, 11) is 0. The zero-order valence-corrected chi connectivity index (χ0v) is 33.3. The van der Waals surface area contributed by atoms with Gasteiger partial charge in [0.15, 0.2) is 5.82 Å². The van der Waals surface area contributed by atoms with E-state index < -0.39 is 63.7 Å². The van der Waals surface area contributed by atoms with Gasteiger partial charge in [-0.15, -0.1) is 23.5 Å². The SMILES string of the molecule is CCCC(NC(=O)C1CC2(CN1C(=O)C(NC(=O)Cc1ccccc1)C(C)(C)C)SCCCS2)C(=O)C(=O)NCC(=O)NC(c1ccccc1)c1ncn[nH]1. The van der Waals surface area contributed by atoms with E-state index in [-0.39, 0.29) is 24.7 Å². The summed E-state index contributed by atoms with van der Waals surface area (Å²) in [6.45, 7) is 7.23. The van der Waals surface area contributed by atoms with Gasteiger partial charge in [-0.05, 0) is 40.9 Å². The molecule has 0 bridgehead atoms. The Hall–Kier alpha value is -4.70. The van der Waals surface area contributed by atoms with Crippen LogP contribution in [0.4, 0.5) is 0 Å². The number of carbonyl (C=O) groups excluding carboxylic acids is 6. The van der Waals surface area contributed by atoms with Crippen LogP contribution in [0.25, 0.3) is 0 Å². The van der Waals surface area contributed by atoms with E-state index in [1.807, 2.05) is 88.4 Å². The highest BCUT2D eigenvalue weighted by Crippen LogP contribution is 2.50. The molecule has 2 aliphatic heterocycles. The fourth-order valence-corrected chi connectivity index (χ4v) is 10.0. The van der Waals surface area contributed by atoms with Crippen LogP contribution in [0, 0.1) is 5.41 Å². The Morgan fingerprint density at radius 3 is 2.22 bits per heavy atom. The molecule has 294 valence electrons. The molecule has 55 heavy (non-hydrogen) atoms. The molecule has 3 heterocycles. The number of amides is 5. The smallest absolute Gasteiger partial charge is 0.290 e. The van der Waals surface area contributed by atoms with Crippen LogP contribution < -0.4 is 21.3 Å². The average Bonchev–Trinajstić information content (AvgIpc) is 3.84. The molecule has 5 rings (SSSR count). The molecular formula is C39H50N8O6S2. The maximum absolute atomic E-state index is 14.5. The number of nitrogens with zero attached hydrogens (tertiary/aromatic N) is 3. The first-order valence-corrected chi connectivity index (χ1v) is 20.5. The van der Waals surface area contributed by atoms with E-state index in [1.165, 1.54) is 6.33 Å². The Kier molecular flexibility index (Phi) is 14.1. The molecule has 2 aromatic carbocycles. The van der Waals surface area contributed by atoms with Crippen molar-refractivity contribution >= 4 is 58.8 Å². The van der Waals surface area contributed by atoms with Crippen LogP contribution in [0.3, 0.4) is 0 Å². The zero-order chi connectivity index (χ0) is 39.6. The standard InChI is InChI=1S/C39H50N8O6S2/c1-5-13-27(32(50)36(52)40-22-30(49)44-31(34-41-24-42-46-34)26-16-10-7-11-17-26)43-35(51)28-21-39(54-18-12-19-55-39)23-47(28)37(53)33(38(2,3)4)45-29(48)20-25-14-8-6-9-15-25/h6-11,14-17,24,27-28,31,33H,5,12-13,18-23H2,1-4H3,(H,40,52)(H,43,51)(H,44,49)(H,45,48)(H,41,42,46). The number of hydrogen-bond donors (Lipinski definition) is 5. The van der Waals surface area contributed by atoms with Crippen molar-refractivity contribution in [2.45, 2.75) is 88.0 Å². The van der Waals surface area contributed by atoms with E-state index >= 15 is 0 Å². The molecule has 0 aliphatic carbocycles. The van der Waals surface area contributed by atoms with Gasteiger partial charge in [0.1, 0.15) is 24.5 Å². The largest absolute Gasteiger partial charge is 0.344 e. The van der Waals surface area contributed by atoms with Crippen molar-refractivity contribution in [3.05, 3.63) is 83.9 Å². The number of hydrogen-bond acceptors (Lipinski definition) is 10. The van der Waals surface area contributed by atoms with E-state index in [2.05, 4.69) is 36.4 Å². The predicted molar refractivity (Wildman–Crippen MR) is 212 cm³/mol. The number of rotatable bonds is 15. The molecule has 5 amide bonds. The Bertz CT molecular complexity index is 1800. The van der Waals surface area contributed by atoms with E-state index in [4.69, 9.17) is 0 Å². The van der Waals surface area contributed by atoms with Crippen LogP contribution in [-0.4, -0.2) is 102 Å². The first kappa shape index (κ1) is 41.5. The summed E-state index contributed by atoms with van der Waals surface area (Å²) in [5, 5.41) is 17.6. The van der Waals surface area contributed by atoms with Gasteiger partial charge in [-0.2, -0.15) is 5.10 Å². The summed E-state index contributed by atoms with van der Waals surface area (Å²) in [6, 6.07) is 14.6. The van der Waals surface area contributed by atoms with Crippen molar-refractivity contribution in [3.8, 4) is 0 Å². The average molecular weight is 791 g/mol. The summed E-state index contributed by atoms with van der Waals surface area (Å²) in [5.41, 5.74) is 0.857. The highest BCUT2D eigenvalue weighted by Gasteiger charge is 2.53. The van der Waals surface area contributed by atoms with E-state index in [9.17, 15) is 28.8 Å². The fourth-order valence-electron chi connectivity index (χ4n) is 6.69. The molecule has 16 heteroatoms. The number of likely N-dealkylation sites (tertiary alicyclic amines) is 1. The van der Waals surface area contributed by atoms with Gasteiger partial charge in [0.25, 0.3) is 5.91 Å². The molecule has 14 nitrogen and oxygen atoms in total. The molecule has 0 radical (unpaired) electrons. The third kappa shape index (κ3) is 11.0. The molecule has 3 aromatic rings. The lowest BCUT2D eigenvalue weighted by Gasteiger charge is -2.36. The van der Waals surface area contributed by atoms with Crippen molar-refractivity contribution in [2.24, 2.45) is 5.41 Å². The summed E-state index contributed by atoms with van der Waals surface area (Å²) < 4.78 is -0.426. The van der Waals surface area contributed by atoms with Crippen molar-refractivity contribution in [3.63, 3.8) is 0 Å². The third-order valence-corrected chi connectivity index (χ3v) is 12.8. The summed E-state index contributed by atoms with van der Waals surface area (Å²) in [4.78, 5) is 87.3. The maximum Gasteiger partial charge on any atom is 0.290 e. The minimum atomic E-state index is -1.18. The van der Waals surface area contributed by atoms with Gasteiger partial charge in [0.05, 0.1) is 23.1 Å². The van der Waals surface area contributed by atoms with Crippen molar-refractivity contribution in [1.29, 1.82) is 0 Å². The lowest BCUT2D eigenvalue weighted by Crippen LogP contribution is -2.59. The van der Waals surface area contributed by atoms with Crippen LogP contribution in [0.15, 0.2) is 67.0 Å².